The topological polar surface area (TPSA) is 75.6 Å². The number of nitrogens with one attached hydrogen (secondary N) is 2. The van der Waals surface area contributed by atoms with Crippen molar-refractivity contribution in [1.29, 1.82) is 0 Å². The van der Waals surface area contributed by atoms with Gasteiger partial charge in [-0.1, -0.05) is 0 Å². The van der Waals surface area contributed by atoms with Crippen molar-refractivity contribution in [3.8, 4) is 0 Å². The van der Waals surface area contributed by atoms with Gasteiger partial charge in [0.2, 0.25) is 5.91 Å². The van der Waals surface area contributed by atoms with Gasteiger partial charge in [-0.05, 0) is 37.2 Å². The molecule has 1 saturated carbocycles. The van der Waals surface area contributed by atoms with E-state index in [4.69, 9.17) is 0 Å². The average molecular weight is 287 g/mol. The molecule has 6 heteroatoms. The fourth-order valence-electron chi connectivity index (χ4n) is 2.61. The number of carbonyl (C=O) groups is 1. The van der Waals surface area contributed by atoms with Crippen molar-refractivity contribution in [2.75, 3.05) is 0 Å². The van der Waals surface area contributed by atoms with Gasteiger partial charge in [0.25, 0.3) is 0 Å². The largest absolute Gasteiger partial charge is 0.346 e. The summed E-state index contributed by atoms with van der Waals surface area (Å²) in [5.74, 6) is 1.61. The normalized spacial score (nSPS) is 15.9. The van der Waals surface area contributed by atoms with Crippen LogP contribution < -0.4 is 5.32 Å². The smallest absolute Gasteiger partial charge is 0.220 e. The predicted molar refractivity (Wildman–Crippen MR) is 78.3 cm³/mol. The van der Waals surface area contributed by atoms with E-state index in [1.54, 1.807) is 12.4 Å². The fraction of sp³-hybridized carbons (Fsp3) is 0.533. The molecule has 2 N–H and O–H groups in total. The number of hydrogen-bond acceptors (Lipinski definition) is 3. The Bertz CT molecular complexity index is 585. The van der Waals surface area contributed by atoms with Crippen molar-refractivity contribution in [1.82, 2.24) is 25.1 Å². The second kappa shape index (κ2) is 6.11. The highest BCUT2D eigenvalue weighted by molar-refractivity contribution is 5.76. The summed E-state index contributed by atoms with van der Waals surface area (Å²) in [6.07, 6.45) is 12.0. The van der Waals surface area contributed by atoms with Crippen molar-refractivity contribution in [3.05, 3.63) is 36.2 Å². The maximum absolute atomic E-state index is 12.1. The van der Waals surface area contributed by atoms with Crippen LogP contribution in [0.25, 0.3) is 0 Å². The highest BCUT2D eigenvalue weighted by Crippen LogP contribution is 2.40. The summed E-state index contributed by atoms with van der Waals surface area (Å²) in [7, 11) is 1.97. The van der Waals surface area contributed by atoms with Crippen LogP contribution >= 0.6 is 0 Å². The van der Waals surface area contributed by atoms with Gasteiger partial charge in [-0.25, -0.2) is 4.98 Å². The molecule has 2 aromatic rings. The van der Waals surface area contributed by atoms with Gasteiger partial charge in [0.15, 0.2) is 0 Å². The molecule has 6 nitrogen and oxygen atoms in total. The van der Waals surface area contributed by atoms with Crippen LogP contribution in [0.15, 0.2) is 24.8 Å². The second-order valence-corrected chi connectivity index (χ2v) is 5.74. The molecule has 112 valence electrons. The zero-order chi connectivity index (χ0) is 14.7. The summed E-state index contributed by atoms with van der Waals surface area (Å²) in [6.45, 7) is 0. The summed E-state index contributed by atoms with van der Waals surface area (Å²) >= 11 is 0. The van der Waals surface area contributed by atoms with Gasteiger partial charge in [-0.2, -0.15) is 5.10 Å². The van der Waals surface area contributed by atoms with E-state index in [9.17, 15) is 4.79 Å². The molecule has 1 aliphatic rings. The van der Waals surface area contributed by atoms with Crippen LogP contribution in [0.4, 0.5) is 0 Å². The molecule has 1 atom stereocenters. The zero-order valence-electron chi connectivity index (χ0n) is 12.2. The summed E-state index contributed by atoms with van der Waals surface area (Å²) < 4.78 is 1.99. The van der Waals surface area contributed by atoms with Crippen LogP contribution in [0.5, 0.6) is 0 Å². The molecule has 1 aliphatic carbocycles. The van der Waals surface area contributed by atoms with Gasteiger partial charge in [-0.15, -0.1) is 0 Å². The summed E-state index contributed by atoms with van der Waals surface area (Å²) in [4.78, 5) is 16.5. The van der Waals surface area contributed by atoms with E-state index in [1.165, 1.54) is 12.8 Å². The third-order valence-corrected chi connectivity index (χ3v) is 3.97. The Balaban J connectivity index is 1.51. The molecule has 2 aromatic heterocycles. The number of imidazole rings is 1. The summed E-state index contributed by atoms with van der Waals surface area (Å²) in [5.41, 5.74) is 1.14. The lowest BCUT2D eigenvalue weighted by Gasteiger charge is -2.18. The SMILES string of the molecule is Cn1ccnc1[C@@H](NC(=O)CCCc1cn[nH]c1)C1CC1. The van der Waals surface area contributed by atoms with E-state index < -0.39 is 0 Å². The number of hydrogen-bond donors (Lipinski definition) is 2. The molecule has 0 saturated heterocycles. The predicted octanol–water partition coefficient (Wildman–Crippen LogP) is 1.73. The van der Waals surface area contributed by atoms with Crippen molar-refractivity contribution >= 4 is 5.91 Å². The van der Waals surface area contributed by atoms with Crippen molar-refractivity contribution < 1.29 is 4.79 Å². The molecule has 0 bridgehead atoms. The third kappa shape index (κ3) is 3.51. The second-order valence-electron chi connectivity index (χ2n) is 5.74. The number of amides is 1. The minimum atomic E-state index is 0.0615. The molecule has 0 spiro atoms. The van der Waals surface area contributed by atoms with Gasteiger partial charge in [0.1, 0.15) is 5.82 Å². The van der Waals surface area contributed by atoms with E-state index in [1.807, 2.05) is 24.0 Å². The van der Waals surface area contributed by atoms with Crippen LogP contribution in [-0.4, -0.2) is 25.7 Å². The Morgan fingerprint density at radius 1 is 1.57 bits per heavy atom. The van der Waals surface area contributed by atoms with Crippen molar-refractivity contribution in [3.63, 3.8) is 0 Å². The molecule has 21 heavy (non-hydrogen) atoms. The van der Waals surface area contributed by atoms with E-state index in [2.05, 4.69) is 20.5 Å². The van der Waals surface area contributed by atoms with Crippen LogP contribution in [0, 0.1) is 5.92 Å². The van der Waals surface area contributed by atoms with Crippen molar-refractivity contribution in [2.45, 2.75) is 38.1 Å². The lowest BCUT2D eigenvalue weighted by Crippen LogP contribution is -2.31. The maximum atomic E-state index is 12.1. The minimum Gasteiger partial charge on any atom is -0.346 e. The molecule has 0 aliphatic heterocycles. The van der Waals surface area contributed by atoms with Gasteiger partial charge < -0.3 is 9.88 Å². The Hall–Kier alpha value is -2.11. The number of aromatic amines is 1. The van der Waals surface area contributed by atoms with E-state index in [0.29, 0.717) is 12.3 Å². The van der Waals surface area contributed by atoms with E-state index in [-0.39, 0.29) is 11.9 Å². The van der Waals surface area contributed by atoms with Gasteiger partial charge in [0.05, 0.1) is 12.2 Å². The fourth-order valence-corrected chi connectivity index (χ4v) is 2.61. The molecule has 0 unspecified atom stereocenters. The highest BCUT2D eigenvalue weighted by Gasteiger charge is 2.35. The number of H-pyrrole nitrogens is 1. The monoisotopic (exact) mass is 287 g/mol. The number of rotatable bonds is 7. The van der Waals surface area contributed by atoms with E-state index in [0.717, 1.165) is 24.2 Å². The number of nitrogens with zero attached hydrogens (tertiary/aromatic N) is 3. The van der Waals surface area contributed by atoms with Crippen LogP contribution in [0.3, 0.4) is 0 Å². The van der Waals surface area contributed by atoms with Gasteiger partial charge in [0, 0.05) is 32.1 Å². The zero-order valence-corrected chi connectivity index (χ0v) is 12.2. The summed E-state index contributed by atoms with van der Waals surface area (Å²) in [5, 5.41) is 9.85. The minimum absolute atomic E-state index is 0.0615. The van der Waals surface area contributed by atoms with Crippen LogP contribution in [0.1, 0.15) is 43.1 Å². The standard InChI is InChI=1S/C15H21N5O/c1-20-8-7-16-15(20)14(12-5-6-12)19-13(21)4-2-3-11-9-17-18-10-11/h7-10,12,14H,2-6H2,1H3,(H,17,18)(H,19,21)/t14-/m0/s1. The Labute approximate surface area is 124 Å². The quantitative estimate of drug-likeness (QED) is 0.814. The highest BCUT2D eigenvalue weighted by atomic mass is 16.1. The van der Waals surface area contributed by atoms with Crippen LogP contribution in [0.2, 0.25) is 0 Å². The number of aryl methyl sites for hydroxylation is 2. The van der Waals surface area contributed by atoms with Crippen molar-refractivity contribution in [2.24, 2.45) is 13.0 Å². The first kappa shape index (κ1) is 13.9. The number of aromatic nitrogens is 4. The average Bonchev–Trinajstić information content (AvgIpc) is 3.01. The first-order valence-electron chi connectivity index (χ1n) is 7.48. The van der Waals surface area contributed by atoms with E-state index >= 15 is 0 Å². The molecule has 3 rings (SSSR count). The lowest BCUT2D eigenvalue weighted by molar-refractivity contribution is -0.122. The Morgan fingerprint density at radius 2 is 2.43 bits per heavy atom. The van der Waals surface area contributed by atoms with Gasteiger partial charge >= 0.3 is 0 Å². The molecule has 2 heterocycles. The van der Waals surface area contributed by atoms with Crippen LogP contribution in [-0.2, 0) is 18.3 Å². The lowest BCUT2D eigenvalue weighted by atomic mass is 10.1. The molecule has 1 amide bonds. The first-order chi connectivity index (χ1) is 10.2. The molecule has 0 aromatic carbocycles. The first-order valence-corrected chi connectivity index (χ1v) is 7.48. The molecular weight excluding hydrogens is 266 g/mol. The Morgan fingerprint density at radius 3 is 3.05 bits per heavy atom. The number of carbonyl (C=O) groups excluding carboxylic acids is 1. The molecular formula is C15H21N5O. The third-order valence-electron chi connectivity index (χ3n) is 3.97. The molecule has 0 radical (unpaired) electrons. The van der Waals surface area contributed by atoms with Gasteiger partial charge in [-0.3, -0.25) is 9.89 Å². The summed E-state index contributed by atoms with van der Waals surface area (Å²) in [6, 6.07) is 0.0615. The molecule has 1 fully saturated rings. The maximum Gasteiger partial charge on any atom is 0.220 e. The Kier molecular flexibility index (Phi) is 4.03.